The van der Waals surface area contributed by atoms with Crippen LogP contribution < -0.4 is 5.73 Å². The van der Waals surface area contributed by atoms with Crippen LogP contribution in [0.25, 0.3) is 11.0 Å². The van der Waals surface area contributed by atoms with Gasteiger partial charge in [0.05, 0.1) is 12.1 Å². The van der Waals surface area contributed by atoms with Crippen molar-refractivity contribution in [1.82, 2.24) is 9.55 Å². The molecule has 0 atom stereocenters. The van der Waals surface area contributed by atoms with Crippen molar-refractivity contribution in [2.45, 2.75) is 25.4 Å². The molecule has 78 valence electrons. The summed E-state index contributed by atoms with van der Waals surface area (Å²) in [6.07, 6.45) is 2.21. The highest BCUT2D eigenvalue weighted by atomic mass is 19.1. The normalized spacial score (nSPS) is 16.1. The summed E-state index contributed by atoms with van der Waals surface area (Å²) in [7, 11) is 0. The van der Waals surface area contributed by atoms with Crippen LogP contribution in [0.15, 0.2) is 18.2 Å². The van der Waals surface area contributed by atoms with Crippen molar-refractivity contribution < 1.29 is 4.39 Å². The Morgan fingerprint density at radius 1 is 1.47 bits per heavy atom. The molecule has 1 aromatic carbocycles. The lowest BCUT2D eigenvalue weighted by Crippen LogP contribution is -2.07. The van der Waals surface area contributed by atoms with Gasteiger partial charge in [0.15, 0.2) is 0 Å². The summed E-state index contributed by atoms with van der Waals surface area (Å²) in [6, 6.07) is 5.40. The summed E-state index contributed by atoms with van der Waals surface area (Å²) in [5, 5.41) is 0. The molecule has 1 aliphatic carbocycles. The van der Waals surface area contributed by atoms with E-state index in [-0.39, 0.29) is 5.82 Å². The quantitative estimate of drug-likeness (QED) is 0.814. The van der Waals surface area contributed by atoms with Crippen LogP contribution in [0.5, 0.6) is 0 Å². The second kappa shape index (κ2) is 3.03. The molecule has 1 aromatic heterocycles. The zero-order chi connectivity index (χ0) is 10.4. The van der Waals surface area contributed by atoms with Gasteiger partial charge in [-0.2, -0.15) is 0 Å². The van der Waals surface area contributed by atoms with Crippen molar-refractivity contribution in [1.29, 1.82) is 0 Å². The fourth-order valence-corrected chi connectivity index (χ4v) is 2.02. The van der Waals surface area contributed by atoms with E-state index in [1.807, 2.05) is 10.6 Å². The molecule has 0 radical (unpaired) electrons. The average molecular weight is 205 g/mol. The van der Waals surface area contributed by atoms with Crippen molar-refractivity contribution in [2.24, 2.45) is 5.73 Å². The molecule has 3 nitrogen and oxygen atoms in total. The smallest absolute Gasteiger partial charge is 0.149 e. The standard InChI is InChI=1S/C11H12FN3/c12-8-2-1-3-9-11(8)15(7-4-5-7)10(6-13)14-9/h1-3,7H,4-6,13H2. The molecular weight excluding hydrogens is 193 g/mol. The van der Waals surface area contributed by atoms with Gasteiger partial charge in [-0.3, -0.25) is 0 Å². The molecule has 0 bridgehead atoms. The predicted octanol–water partition coefficient (Wildman–Crippen LogP) is 1.97. The molecule has 2 aromatic rings. The number of fused-ring (bicyclic) bond motifs is 1. The highest BCUT2D eigenvalue weighted by Gasteiger charge is 2.28. The molecule has 0 unspecified atom stereocenters. The van der Waals surface area contributed by atoms with Crippen molar-refractivity contribution in [3.05, 3.63) is 29.8 Å². The molecule has 1 fully saturated rings. The number of hydrogen-bond donors (Lipinski definition) is 1. The van der Waals surface area contributed by atoms with E-state index in [0.29, 0.717) is 23.6 Å². The molecule has 2 N–H and O–H groups in total. The predicted molar refractivity (Wildman–Crippen MR) is 55.9 cm³/mol. The summed E-state index contributed by atoms with van der Waals surface area (Å²) >= 11 is 0. The minimum atomic E-state index is -0.202. The summed E-state index contributed by atoms with van der Waals surface area (Å²) < 4.78 is 15.6. The number of nitrogens with two attached hydrogens (primary N) is 1. The summed E-state index contributed by atoms with van der Waals surface area (Å²) in [5.74, 6) is 0.587. The van der Waals surface area contributed by atoms with Gasteiger partial charge in [0.2, 0.25) is 0 Å². The third kappa shape index (κ3) is 1.25. The molecular formula is C11H12FN3. The van der Waals surface area contributed by atoms with Crippen LogP contribution in [0.3, 0.4) is 0 Å². The molecule has 0 amide bonds. The number of hydrogen-bond acceptors (Lipinski definition) is 2. The topological polar surface area (TPSA) is 43.8 Å². The number of rotatable bonds is 2. The van der Waals surface area contributed by atoms with Crippen LogP contribution >= 0.6 is 0 Å². The Balaban J connectivity index is 2.35. The van der Waals surface area contributed by atoms with E-state index in [1.54, 1.807) is 6.07 Å². The van der Waals surface area contributed by atoms with E-state index < -0.39 is 0 Å². The number of nitrogens with zero attached hydrogens (tertiary/aromatic N) is 2. The van der Waals surface area contributed by atoms with Gasteiger partial charge < -0.3 is 10.3 Å². The van der Waals surface area contributed by atoms with Gasteiger partial charge in [-0.15, -0.1) is 0 Å². The number of benzene rings is 1. The molecule has 0 saturated heterocycles. The monoisotopic (exact) mass is 205 g/mol. The van der Waals surface area contributed by atoms with Gasteiger partial charge in [-0.1, -0.05) is 6.07 Å². The number of aromatic nitrogens is 2. The van der Waals surface area contributed by atoms with E-state index in [0.717, 1.165) is 18.7 Å². The van der Waals surface area contributed by atoms with Crippen molar-refractivity contribution >= 4 is 11.0 Å². The lowest BCUT2D eigenvalue weighted by Gasteiger charge is -2.05. The molecule has 15 heavy (non-hydrogen) atoms. The Morgan fingerprint density at radius 2 is 2.27 bits per heavy atom. The van der Waals surface area contributed by atoms with E-state index >= 15 is 0 Å². The lowest BCUT2D eigenvalue weighted by atomic mass is 10.3. The first-order chi connectivity index (χ1) is 7.31. The van der Waals surface area contributed by atoms with Gasteiger partial charge in [-0.05, 0) is 25.0 Å². The van der Waals surface area contributed by atoms with E-state index in [2.05, 4.69) is 4.98 Å². The SMILES string of the molecule is NCc1nc2cccc(F)c2n1C1CC1. The second-order valence-corrected chi connectivity index (χ2v) is 3.94. The molecule has 1 saturated carbocycles. The first-order valence-electron chi connectivity index (χ1n) is 5.16. The van der Waals surface area contributed by atoms with Gasteiger partial charge in [0, 0.05) is 6.04 Å². The zero-order valence-corrected chi connectivity index (χ0v) is 8.28. The van der Waals surface area contributed by atoms with Crippen LogP contribution in [0, 0.1) is 5.82 Å². The lowest BCUT2D eigenvalue weighted by molar-refractivity contribution is 0.617. The zero-order valence-electron chi connectivity index (χ0n) is 8.28. The van der Waals surface area contributed by atoms with E-state index in [9.17, 15) is 4.39 Å². The molecule has 4 heteroatoms. The van der Waals surface area contributed by atoms with Crippen LogP contribution in [-0.4, -0.2) is 9.55 Å². The fraction of sp³-hybridized carbons (Fsp3) is 0.364. The molecule has 0 aliphatic heterocycles. The van der Waals surface area contributed by atoms with Crippen LogP contribution in [0.4, 0.5) is 4.39 Å². The maximum absolute atomic E-state index is 13.7. The van der Waals surface area contributed by atoms with Gasteiger partial charge >= 0.3 is 0 Å². The third-order valence-corrected chi connectivity index (χ3v) is 2.83. The second-order valence-electron chi connectivity index (χ2n) is 3.94. The Labute approximate surface area is 86.7 Å². The van der Waals surface area contributed by atoms with Gasteiger partial charge in [0.25, 0.3) is 0 Å². The average Bonchev–Trinajstić information content (AvgIpc) is 2.99. The maximum Gasteiger partial charge on any atom is 0.149 e. The maximum atomic E-state index is 13.7. The third-order valence-electron chi connectivity index (χ3n) is 2.83. The van der Waals surface area contributed by atoms with Gasteiger partial charge in [-0.25, -0.2) is 9.37 Å². The Morgan fingerprint density at radius 3 is 2.93 bits per heavy atom. The van der Waals surface area contributed by atoms with E-state index in [4.69, 9.17) is 5.73 Å². The Kier molecular flexibility index (Phi) is 1.79. The van der Waals surface area contributed by atoms with Crippen molar-refractivity contribution in [2.75, 3.05) is 0 Å². The molecule has 0 spiro atoms. The minimum absolute atomic E-state index is 0.202. The number of imidazole rings is 1. The summed E-state index contributed by atoms with van der Waals surface area (Å²) in [4.78, 5) is 4.35. The van der Waals surface area contributed by atoms with Crippen molar-refractivity contribution in [3.8, 4) is 0 Å². The Hall–Kier alpha value is -1.42. The highest BCUT2D eigenvalue weighted by Crippen LogP contribution is 2.39. The first-order valence-corrected chi connectivity index (χ1v) is 5.16. The first kappa shape index (κ1) is 8.85. The molecule has 1 aliphatic rings. The number of para-hydroxylation sites is 1. The fourth-order valence-electron chi connectivity index (χ4n) is 2.02. The Bertz CT molecular complexity index is 514. The largest absolute Gasteiger partial charge is 0.324 e. The van der Waals surface area contributed by atoms with Crippen LogP contribution in [-0.2, 0) is 6.54 Å². The summed E-state index contributed by atoms with van der Waals surface area (Å²) in [6.45, 7) is 0.366. The van der Waals surface area contributed by atoms with Crippen LogP contribution in [0.1, 0.15) is 24.7 Å². The van der Waals surface area contributed by atoms with Crippen molar-refractivity contribution in [3.63, 3.8) is 0 Å². The van der Waals surface area contributed by atoms with Crippen LogP contribution in [0.2, 0.25) is 0 Å². The van der Waals surface area contributed by atoms with Gasteiger partial charge in [0.1, 0.15) is 17.2 Å². The highest BCUT2D eigenvalue weighted by molar-refractivity contribution is 5.77. The van der Waals surface area contributed by atoms with E-state index in [1.165, 1.54) is 6.07 Å². The number of halogens is 1. The molecule has 3 rings (SSSR count). The minimum Gasteiger partial charge on any atom is -0.324 e. The summed E-state index contributed by atoms with van der Waals surface area (Å²) in [5.41, 5.74) is 6.95. The molecule has 1 heterocycles.